The van der Waals surface area contributed by atoms with Gasteiger partial charge in [-0.2, -0.15) is 0 Å². The van der Waals surface area contributed by atoms with Gasteiger partial charge in [0.25, 0.3) is 0 Å². The minimum absolute atomic E-state index is 0.361. The zero-order chi connectivity index (χ0) is 13.9. The maximum absolute atomic E-state index is 9.68. The predicted molar refractivity (Wildman–Crippen MR) is 78.3 cm³/mol. The normalized spacial score (nSPS) is 12.3. The summed E-state index contributed by atoms with van der Waals surface area (Å²) < 4.78 is 5.46. The van der Waals surface area contributed by atoms with Gasteiger partial charge in [0.2, 0.25) is 0 Å². The highest BCUT2D eigenvalue weighted by Gasteiger charge is 2.05. The zero-order valence-electron chi connectivity index (χ0n) is 11.4. The Labute approximate surface area is 119 Å². The molecular weight excluding hydrogens is 260 g/mol. The summed E-state index contributed by atoms with van der Waals surface area (Å²) in [6.45, 7) is 4.36. The lowest BCUT2D eigenvalue weighted by molar-refractivity contribution is 0.0386. The van der Waals surface area contributed by atoms with Gasteiger partial charge < -0.3 is 15.2 Å². The molecule has 0 fully saturated rings. The van der Waals surface area contributed by atoms with E-state index in [1.165, 1.54) is 4.88 Å². The van der Waals surface area contributed by atoms with Crippen molar-refractivity contribution in [3.8, 4) is 12.3 Å². The molecule has 1 aromatic rings. The summed E-state index contributed by atoms with van der Waals surface area (Å²) in [6.07, 6.45) is 7.26. The van der Waals surface area contributed by atoms with E-state index in [0.29, 0.717) is 19.8 Å². The first kappa shape index (κ1) is 16.1. The van der Waals surface area contributed by atoms with Crippen molar-refractivity contribution >= 4 is 11.3 Å². The van der Waals surface area contributed by atoms with Crippen LogP contribution in [0.3, 0.4) is 0 Å². The number of nitrogens with one attached hydrogen (secondary N) is 1. The molecule has 0 spiro atoms. The van der Waals surface area contributed by atoms with Crippen LogP contribution in [0.15, 0.2) is 5.51 Å². The van der Waals surface area contributed by atoms with E-state index >= 15 is 0 Å². The number of unbranched alkanes of at least 4 members (excludes halogenated alkanes) is 1. The second-order valence-corrected chi connectivity index (χ2v) is 5.29. The molecule has 0 saturated carbocycles. The predicted octanol–water partition coefficient (Wildman–Crippen LogP) is 1.37. The number of ether oxygens (including phenoxy) is 1. The van der Waals surface area contributed by atoms with Gasteiger partial charge in [-0.25, -0.2) is 4.98 Å². The van der Waals surface area contributed by atoms with Crippen molar-refractivity contribution in [3.63, 3.8) is 0 Å². The van der Waals surface area contributed by atoms with Gasteiger partial charge in [-0.05, 0) is 19.9 Å². The van der Waals surface area contributed by atoms with Gasteiger partial charge in [-0.3, -0.25) is 0 Å². The van der Waals surface area contributed by atoms with Gasteiger partial charge in [0.15, 0.2) is 0 Å². The van der Waals surface area contributed by atoms with Crippen LogP contribution in [0, 0.1) is 19.3 Å². The number of hydrogen-bond donors (Lipinski definition) is 2. The first-order valence-corrected chi connectivity index (χ1v) is 7.41. The number of hydrogen-bond acceptors (Lipinski definition) is 5. The maximum atomic E-state index is 9.68. The average Bonchev–Trinajstić information content (AvgIpc) is 2.80. The van der Waals surface area contributed by atoms with Crippen LogP contribution in [0.4, 0.5) is 0 Å². The summed E-state index contributed by atoms with van der Waals surface area (Å²) in [5.74, 6) is 2.58. The highest BCUT2D eigenvalue weighted by molar-refractivity contribution is 7.09. The summed E-state index contributed by atoms with van der Waals surface area (Å²) in [6, 6.07) is 0. The van der Waals surface area contributed by atoms with Gasteiger partial charge in [-0.15, -0.1) is 23.7 Å². The number of nitrogens with zero attached hydrogens (tertiary/aromatic N) is 1. The molecule has 1 aromatic heterocycles. The van der Waals surface area contributed by atoms with E-state index in [4.69, 9.17) is 11.2 Å². The van der Waals surface area contributed by atoms with E-state index < -0.39 is 6.10 Å². The molecule has 0 aliphatic carbocycles. The molecule has 19 heavy (non-hydrogen) atoms. The van der Waals surface area contributed by atoms with Gasteiger partial charge in [0.05, 0.1) is 30.5 Å². The van der Waals surface area contributed by atoms with Crippen LogP contribution >= 0.6 is 11.3 Å². The summed E-state index contributed by atoms with van der Waals surface area (Å²) in [7, 11) is 0. The van der Waals surface area contributed by atoms with Crippen molar-refractivity contribution in [2.75, 3.05) is 26.3 Å². The smallest absolute Gasteiger partial charge is 0.0897 e. The van der Waals surface area contributed by atoms with Crippen molar-refractivity contribution in [3.05, 3.63) is 16.1 Å². The van der Waals surface area contributed by atoms with E-state index in [1.807, 2.05) is 12.4 Å². The van der Waals surface area contributed by atoms with Gasteiger partial charge >= 0.3 is 0 Å². The minimum atomic E-state index is -0.464. The van der Waals surface area contributed by atoms with Crippen LogP contribution in [0.2, 0.25) is 0 Å². The van der Waals surface area contributed by atoms with E-state index in [-0.39, 0.29) is 0 Å². The molecule has 0 saturated heterocycles. The molecule has 0 aromatic carbocycles. The highest BCUT2D eigenvalue weighted by atomic mass is 32.1. The first-order valence-electron chi connectivity index (χ1n) is 6.53. The summed E-state index contributed by atoms with van der Waals surface area (Å²) >= 11 is 1.65. The van der Waals surface area contributed by atoms with Crippen molar-refractivity contribution in [1.82, 2.24) is 10.3 Å². The van der Waals surface area contributed by atoms with Crippen LogP contribution in [0.5, 0.6) is 0 Å². The standard InChI is InChI=1S/C14H22N2O2S/c1-3-4-5-7-15-9-13(17)10-18-8-6-14-12(2)16-11-19-14/h1,11,13,15,17H,4-10H2,2H3. The Morgan fingerprint density at radius 3 is 3.16 bits per heavy atom. The van der Waals surface area contributed by atoms with Crippen LogP contribution in [0.1, 0.15) is 23.4 Å². The Morgan fingerprint density at radius 1 is 1.63 bits per heavy atom. The second-order valence-electron chi connectivity index (χ2n) is 4.35. The molecule has 1 unspecified atom stereocenters. The molecule has 1 atom stereocenters. The molecule has 4 nitrogen and oxygen atoms in total. The van der Waals surface area contributed by atoms with E-state index in [1.54, 1.807) is 11.3 Å². The fourth-order valence-corrected chi connectivity index (χ4v) is 2.36. The Morgan fingerprint density at radius 2 is 2.47 bits per heavy atom. The average molecular weight is 282 g/mol. The molecule has 5 heteroatoms. The summed E-state index contributed by atoms with van der Waals surface area (Å²) in [5, 5.41) is 12.8. The van der Waals surface area contributed by atoms with Crippen molar-refractivity contribution < 1.29 is 9.84 Å². The third-order valence-corrected chi connectivity index (χ3v) is 3.68. The third-order valence-electron chi connectivity index (χ3n) is 2.68. The number of thiazole rings is 1. The van der Waals surface area contributed by atoms with Crippen LogP contribution in [-0.4, -0.2) is 42.5 Å². The lowest BCUT2D eigenvalue weighted by Gasteiger charge is -2.12. The Hall–Kier alpha value is -0.930. The molecule has 1 heterocycles. The van der Waals surface area contributed by atoms with Crippen LogP contribution < -0.4 is 5.32 Å². The Balaban J connectivity index is 1.97. The van der Waals surface area contributed by atoms with Gasteiger partial charge in [0.1, 0.15) is 0 Å². The van der Waals surface area contributed by atoms with Crippen molar-refractivity contribution in [2.24, 2.45) is 0 Å². The SMILES string of the molecule is C#CCCCNCC(O)COCCc1scnc1C. The minimum Gasteiger partial charge on any atom is -0.389 e. The second kappa shape index (κ2) is 9.93. The van der Waals surface area contributed by atoms with E-state index in [2.05, 4.69) is 16.2 Å². The highest BCUT2D eigenvalue weighted by Crippen LogP contribution is 2.12. The number of terminal acetylenes is 1. The molecule has 0 aliphatic heterocycles. The fraction of sp³-hybridized carbons (Fsp3) is 0.643. The zero-order valence-corrected chi connectivity index (χ0v) is 12.2. The largest absolute Gasteiger partial charge is 0.389 e. The maximum Gasteiger partial charge on any atom is 0.0897 e. The molecule has 0 bridgehead atoms. The lowest BCUT2D eigenvalue weighted by atomic mass is 10.3. The molecule has 0 amide bonds. The molecule has 106 valence electrons. The molecule has 0 radical (unpaired) electrons. The van der Waals surface area contributed by atoms with Crippen LogP contribution in [0.25, 0.3) is 0 Å². The van der Waals surface area contributed by atoms with Gasteiger partial charge in [-0.1, -0.05) is 0 Å². The van der Waals surface area contributed by atoms with Gasteiger partial charge in [0, 0.05) is 24.3 Å². The molecular formula is C14H22N2O2S. The monoisotopic (exact) mass is 282 g/mol. The number of aryl methyl sites for hydroxylation is 1. The summed E-state index contributed by atoms with van der Waals surface area (Å²) in [5.41, 5.74) is 2.92. The molecule has 0 aliphatic rings. The number of aromatic nitrogens is 1. The number of rotatable bonds is 10. The Bertz CT molecular complexity index is 387. The number of aliphatic hydroxyl groups excluding tert-OH is 1. The van der Waals surface area contributed by atoms with Crippen molar-refractivity contribution in [1.29, 1.82) is 0 Å². The summed E-state index contributed by atoms with van der Waals surface area (Å²) in [4.78, 5) is 5.44. The lowest BCUT2D eigenvalue weighted by Crippen LogP contribution is -2.31. The van der Waals surface area contributed by atoms with Crippen LogP contribution in [-0.2, 0) is 11.2 Å². The topological polar surface area (TPSA) is 54.4 Å². The van der Waals surface area contributed by atoms with Crippen molar-refractivity contribution in [2.45, 2.75) is 32.3 Å². The van der Waals surface area contributed by atoms with E-state index in [0.717, 1.165) is 31.5 Å². The quantitative estimate of drug-likeness (QED) is 0.503. The Kier molecular flexibility index (Phi) is 8.43. The fourth-order valence-electron chi connectivity index (χ4n) is 1.59. The third kappa shape index (κ3) is 7.28. The number of aliphatic hydroxyl groups is 1. The molecule has 2 N–H and O–H groups in total. The van der Waals surface area contributed by atoms with E-state index in [9.17, 15) is 5.11 Å². The first-order chi connectivity index (χ1) is 9.24. The molecule has 1 rings (SSSR count).